The average Bonchev–Trinajstić information content (AvgIpc) is 2.76. The summed E-state index contributed by atoms with van der Waals surface area (Å²) in [5, 5.41) is 19.7. The fourth-order valence-corrected chi connectivity index (χ4v) is 2.72. The van der Waals surface area contributed by atoms with Crippen LogP contribution in [0.25, 0.3) is 6.08 Å². The van der Waals surface area contributed by atoms with Gasteiger partial charge in [-0.15, -0.1) is 0 Å². The Morgan fingerprint density at radius 2 is 1.87 bits per heavy atom. The first kappa shape index (κ1) is 23.6. The number of amides is 1. The number of nitro benzene ring substituents is 1. The Hall–Kier alpha value is -3.72. The van der Waals surface area contributed by atoms with Gasteiger partial charge in [0.15, 0.2) is 0 Å². The summed E-state index contributed by atoms with van der Waals surface area (Å²) in [5.74, 6) is -0.623. The van der Waals surface area contributed by atoms with E-state index in [0.717, 1.165) is 11.1 Å². The van der Waals surface area contributed by atoms with Gasteiger partial charge in [0.05, 0.1) is 22.9 Å². The molecule has 1 amide bonds. The molecule has 2 aromatic rings. The van der Waals surface area contributed by atoms with Gasteiger partial charge in [-0.25, -0.2) is 4.79 Å². The Bertz CT molecular complexity index is 941. The van der Waals surface area contributed by atoms with E-state index in [9.17, 15) is 19.7 Å². The van der Waals surface area contributed by atoms with Crippen molar-refractivity contribution in [3.63, 3.8) is 0 Å². The molecule has 0 unspecified atom stereocenters. The summed E-state index contributed by atoms with van der Waals surface area (Å²) in [6.45, 7) is 3.12. The van der Waals surface area contributed by atoms with Crippen LogP contribution in [0.4, 0.5) is 17.1 Å². The standard InChI is InChI=1S/C22H26N4O5/c1-3-31-22(28)11-8-16-4-6-17(7-5-16)15-24-13-12-21(27)25-20-14-18(26(29)30)9-10-19(20)23-2/h4-11,14,23-24H,3,12-13,15H2,1-2H3,(H,25,27). The number of rotatable bonds is 11. The maximum Gasteiger partial charge on any atom is 0.330 e. The van der Waals surface area contributed by atoms with Crippen molar-refractivity contribution in [2.24, 2.45) is 0 Å². The highest BCUT2D eigenvalue weighted by Crippen LogP contribution is 2.26. The van der Waals surface area contributed by atoms with E-state index in [-0.39, 0.29) is 24.0 Å². The maximum atomic E-state index is 12.2. The van der Waals surface area contributed by atoms with Gasteiger partial charge in [-0.2, -0.15) is 0 Å². The molecule has 0 saturated heterocycles. The molecule has 2 aromatic carbocycles. The van der Waals surface area contributed by atoms with Gasteiger partial charge in [-0.05, 0) is 30.2 Å². The molecule has 2 rings (SSSR count). The molecule has 9 nitrogen and oxygen atoms in total. The highest BCUT2D eigenvalue weighted by Gasteiger charge is 2.12. The Kier molecular flexibility index (Phi) is 9.18. The molecule has 9 heteroatoms. The molecule has 0 aliphatic heterocycles. The summed E-state index contributed by atoms with van der Waals surface area (Å²) in [6.07, 6.45) is 3.29. The number of benzene rings is 2. The van der Waals surface area contributed by atoms with Crippen molar-refractivity contribution in [2.45, 2.75) is 19.9 Å². The van der Waals surface area contributed by atoms with E-state index >= 15 is 0 Å². The lowest BCUT2D eigenvalue weighted by Gasteiger charge is -2.11. The minimum absolute atomic E-state index is 0.0898. The average molecular weight is 426 g/mol. The first-order valence-electron chi connectivity index (χ1n) is 9.83. The van der Waals surface area contributed by atoms with Crippen LogP contribution in [-0.4, -0.2) is 37.0 Å². The molecule has 0 aliphatic rings. The summed E-state index contributed by atoms with van der Waals surface area (Å²) in [6, 6.07) is 11.9. The van der Waals surface area contributed by atoms with Crippen LogP contribution < -0.4 is 16.0 Å². The van der Waals surface area contributed by atoms with Crippen molar-refractivity contribution in [2.75, 3.05) is 30.8 Å². The summed E-state index contributed by atoms with van der Waals surface area (Å²) < 4.78 is 4.84. The fraction of sp³-hybridized carbons (Fsp3) is 0.273. The monoisotopic (exact) mass is 426 g/mol. The van der Waals surface area contributed by atoms with E-state index in [1.165, 1.54) is 18.2 Å². The molecule has 31 heavy (non-hydrogen) atoms. The molecule has 0 bridgehead atoms. The zero-order valence-electron chi connectivity index (χ0n) is 17.5. The fourth-order valence-electron chi connectivity index (χ4n) is 2.72. The Labute approximate surface area is 180 Å². The van der Waals surface area contributed by atoms with Crippen molar-refractivity contribution >= 4 is 35.0 Å². The van der Waals surface area contributed by atoms with Gasteiger partial charge >= 0.3 is 5.97 Å². The van der Waals surface area contributed by atoms with Gasteiger partial charge in [-0.1, -0.05) is 24.3 Å². The largest absolute Gasteiger partial charge is 0.463 e. The maximum absolute atomic E-state index is 12.2. The molecule has 0 radical (unpaired) electrons. The summed E-state index contributed by atoms with van der Waals surface area (Å²) >= 11 is 0. The molecule has 0 aliphatic carbocycles. The van der Waals surface area contributed by atoms with E-state index in [0.29, 0.717) is 31.1 Å². The van der Waals surface area contributed by atoms with E-state index in [1.807, 2.05) is 24.3 Å². The first-order valence-corrected chi connectivity index (χ1v) is 9.83. The molecule has 0 aromatic heterocycles. The molecule has 0 spiro atoms. The molecule has 0 heterocycles. The van der Waals surface area contributed by atoms with E-state index in [1.54, 1.807) is 26.1 Å². The van der Waals surface area contributed by atoms with Crippen LogP contribution in [-0.2, 0) is 20.9 Å². The van der Waals surface area contributed by atoms with Gasteiger partial charge in [-0.3, -0.25) is 14.9 Å². The molecule has 0 fully saturated rings. The van der Waals surface area contributed by atoms with E-state index in [4.69, 9.17) is 4.74 Å². The van der Waals surface area contributed by atoms with Crippen LogP contribution in [0.1, 0.15) is 24.5 Å². The van der Waals surface area contributed by atoms with Crippen LogP contribution in [0.2, 0.25) is 0 Å². The highest BCUT2D eigenvalue weighted by molar-refractivity contribution is 5.94. The number of non-ortho nitro benzene ring substituents is 1. The lowest BCUT2D eigenvalue weighted by Crippen LogP contribution is -2.21. The van der Waals surface area contributed by atoms with Crippen molar-refractivity contribution in [3.05, 3.63) is 69.8 Å². The minimum atomic E-state index is -0.505. The zero-order valence-corrected chi connectivity index (χ0v) is 17.5. The summed E-state index contributed by atoms with van der Waals surface area (Å²) in [7, 11) is 1.68. The minimum Gasteiger partial charge on any atom is -0.463 e. The predicted octanol–water partition coefficient (Wildman–Crippen LogP) is 3.33. The third-order valence-corrected chi connectivity index (χ3v) is 4.29. The molecular weight excluding hydrogens is 400 g/mol. The number of hydrogen-bond donors (Lipinski definition) is 3. The SMILES string of the molecule is CCOC(=O)C=Cc1ccc(CNCCC(=O)Nc2cc([N+](=O)[O-])ccc2NC)cc1. The Morgan fingerprint density at radius 3 is 2.52 bits per heavy atom. The number of carbonyl (C=O) groups excluding carboxylic acids is 2. The number of anilines is 2. The molecular formula is C22H26N4O5. The second kappa shape index (κ2) is 12.1. The van der Waals surface area contributed by atoms with E-state index < -0.39 is 4.92 Å². The van der Waals surface area contributed by atoms with Gasteiger partial charge in [0.1, 0.15) is 0 Å². The predicted molar refractivity (Wildman–Crippen MR) is 120 cm³/mol. The molecule has 3 N–H and O–H groups in total. The van der Waals surface area contributed by atoms with Gasteiger partial charge in [0, 0.05) is 44.8 Å². The highest BCUT2D eigenvalue weighted by atomic mass is 16.6. The Morgan fingerprint density at radius 1 is 1.13 bits per heavy atom. The van der Waals surface area contributed by atoms with Gasteiger partial charge < -0.3 is 20.7 Å². The van der Waals surface area contributed by atoms with Crippen LogP contribution in [0.5, 0.6) is 0 Å². The van der Waals surface area contributed by atoms with Crippen LogP contribution in [0, 0.1) is 10.1 Å². The van der Waals surface area contributed by atoms with Gasteiger partial charge in [0.25, 0.3) is 5.69 Å². The van der Waals surface area contributed by atoms with Crippen molar-refractivity contribution in [1.29, 1.82) is 0 Å². The third kappa shape index (κ3) is 7.90. The van der Waals surface area contributed by atoms with Crippen LogP contribution in [0.3, 0.4) is 0 Å². The quantitative estimate of drug-likeness (QED) is 0.166. The first-order chi connectivity index (χ1) is 14.9. The van der Waals surface area contributed by atoms with Crippen molar-refractivity contribution in [3.8, 4) is 0 Å². The number of nitro groups is 1. The lowest BCUT2D eigenvalue weighted by molar-refractivity contribution is -0.384. The van der Waals surface area contributed by atoms with Crippen molar-refractivity contribution < 1.29 is 19.2 Å². The Balaban J connectivity index is 1.79. The number of esters is 1. The van der Waals surface area contributed by atoms with E-state index in [2.05, 4.69) is 16.0 Å². The molecule has 0 atom stereocenters. The zero-order chi connectivity index (χ0) is 22.6. The van der Waals surface area contributed by atoms with Gasteiger partial charge in [0.2, 0.25) is 5.91 Å². The summed E-state index contributed by atoms with van der Waals surface area (Å²) in [4.78, 5) is 34.0. The second-order valence-electron chi connectivity index (χ2n) is 6.54. The molecule has 164 valence electrons. The topological polar surface area (TPSA) is 123 Å². The van der Waals surface area contributed by atoms with Crippen molar-refractivity contribution in [1.82, 2.24) is 5.32 Å². The summed E-state index contributed by atoms with van der Waals surface area (Å²) in [5.41, 5.74) is 2.79. The molecule has 0 saturated carbocycles. The number of ether oxygens (including phenoxy) is 1. The lowest BCUT2D eigenvalue weighted by atomic mass is 10.1. The number of carbonyl (C=O) groups is 2. The number of hydrogen-bond acceptors (Lipinski definition) is 7. The van der Waals surface area contributed by atoms with Crippen LogP contribution in [0.15, 0.2) is 48.5 Å². The number of nitrogens with one attached hydrogen (secondary N) is 3. The van der Waals surface area contributed by atoms with Crippen LogP contribution >= 0.6 is 0 Å². The third-order valence-electron chi connectivity index (χ3n) is 4.29. The second-order valence-corrected chi connectivity index (χ2v) is 6.54. The number of nitrogens with zero attached hydrogens (tertiary/aromatic N) is 1. The smallest absolute Gasteiger partial charge is 0.330 e. The normalized spacial score (nSPS) is 10.6.